The Hall–Kier alpha value is -1.33. The van der Waals surface area contributed by atoms with Crippen molar-refractivity contribution in [1.82, 2.24) is 15.3 Å². The van der Waals surface area contributed by atoms with E-state index in [-0.39, 0.29) is 0 Å². The van der Waals surface area contributed by atoms with Gasteiger partial charge in [0.2, 0.25) is 0 Å². The van der Waals surface area contributed by atoms with Crippen molar-refractivity contribution in [2.45, 2.75) is 25.4 Å². The van der Waals surface area contributed by atoms with Gasteiger partial charge in [0.15, 0.2) is 0 Å². The van der Waals surface area contributed by atoms with Crippen LogP contribution in [0.3, 0.4) is 0 Å². The number of rotatable bonds is 3. The molecule has 1 aliphatic rings. The molecule has 1 atom stereocenters. The van der Waals surface area contributed by atoms with Crippen LogP contribution in [0.2, 0.25) is 0 Å². The van der Waals surface area contributed by atoms with Gasteiger partial charge in [-0.1, -0.05) is 22.0 Å². The van der Waals surface area contributed by atoms with Gasteiger partial charge in [-0.25, -0.2) is 4.98 Å². The van der Waals surface area contributed by atoms with Crippen molar-refractivity contribution in [2.75, 3.05) is 6.61 Å². The average molecular weight is 322 g/mol. The Morgan fingerprint density at radius 3 is 3.26 bits per heavy atom. The maximum absolute atomic E-state index is 5.80. The second-order valence-electron chi connectivity index (χ2n) is 4.64. The molecule has 1 aliphatic heterocycles. The predicted molar refractivity (Wildman–Crippen MR) is 77.0 cm³/mol. The van der Waals surface area contributed by atoms with Crippen LogP contribution < -0.4 is 10.1 Å². The van der Waals surface area contributed by atoms with Crippen molar-refractivity contribution in [3.05, 3.63) is 46.5 Å². The van der Waals surface area contributed by atoms with E-state index in [4.69, 9.17) is 4.74 Å². The number of aromatic nitrogens is 2. The number of ether oxygens (including phenoxy) is 1. The number of hydrogen-bond donors (Lipinski definition) is 2. The van der Waals surface area contributed by atoms with Crippen molar-refractivity contribution in [2.24, 2.45) is 0 Å². The maximum atomic E-state index is 5.80. The Morgan fingerprint density at radius 1 is 1.47 bits per heavy atom. The highest BCUT2D eigenvalue weighted by Crippen LogP contribution is 2.33. The summed E-state index contributed by atoms with van der Waals surface area (Å²) < 4.78 is 6.86. The highest BCUT2D eigenvalue weighted by molar-refractivity contribution is 9.10. The van der Waals surface area contributed by atoms with E-state index in [0.29, 0.717) is 6.04 Å². The Balaban J connectivity index is 1.78. The van der Waals surface area contributed by atoms with Crippen molar-refractivity contribution >= 4 is 15.9 Å². The van der Waals surface area contributed by atoms with Crippen LogP contribution in [0.5, 0.6) is 5.75 Å². The van der Waals surface area contributed by atoms with Gasteiger partial charge in [-0.3, -0.25) is 0 Å². The number of benzene rings is 1. The lowest BCUT2D eigenvalue weighted by molar-refractivity contribution is 0.315. The molecule has 0 saturated heterocycles. The molecule has 1 aromatic heterocycles. The molecule has 0 amide bonds. The Morgan fingerprint density at radius 2 is 2.42 bits per heavy atom. The zero-order valence-electron chi connectivity index (χ0n) is 10.5. The molecule has 0 spiro atoms. The van der Waals surface area contributed by atoms with E-state index in [1.165, 1.54) is 5.56 Å². The molecule has 0 radical (unpaired) electrons. The molecule has 0 fully saturated rings. The van der Waals surface area contributed by atoms with Gasteiger partial charge in [-0.05, 0) is 25.0 Å². The van der Waals surface area contributed by atoms with Gasteiger partial charge in [0.1, 0.15) is 11.6 Å². The highest BCUT2D eigenvalue weighted by atomic mass is 79.9. The summed E-state index contributed by atoms with van der Waals surface area (Å²) in [5.74, 6) is 1.94. The smallest absolute Gasteiger partial charge is 0.125 e. The van der Waals surface area contributed by atoms with E-state index in [2.05, 4.69) is 43.3 Å². The first-order chi connectivity index (χ1) is 9.33. The van der Waals surface area contributed by atoms with Gasteiger partial charge in [-0.15, -0.1) is 0 Å². The summed E-state index contributed by atoms with van der Waals surface area (Å²) >= 11 is 3.49. The molecule has 0 saturated carbocycles. The van der Waals surface area contributed by atoms with Crippen molar-refractivity contribution < 1.29 is 4.74 Å². The average Bonchev–Trinajstić information content (AvgIpc) is 2.84. The summed E-state index contributed by atoms with van der Waals surface area (Å²) in [4.78, 5) is 7.35. The van der Waals surface area contributed by atoms with Gasteiger partial charge in [0.05, 0.1) is 13.2 Å². The van der Waals surface area contributed by atoms with Crippen molar-refractivity contribution in [1.29, 1.82) is 0 Å². The number of H-pyrrole nitrogens is 1. The number of halogens is 1. The molecule has 0 bridgehead atoms. The summed E-state index contributed by atoms with van der Waals surface area (Å²) in [6.45, 7) is 1.52. The van der Waals surface area contributed by atoms with Crippen LogP contribution in [-0.4, -0.2) is 16.6 Å². The minimum atomic E-state index is 0.315. The zero-order valence-corrected chi connectivity index (χ0v) is 12.1. The van der Waals surface area contributed by atoms with Gasteiger partial charge < -0.3 is 15.0 Å². The lowest BCUT2D eigenvalue weighted by atomic mass is 10.0. The second-order valence-corrected chi connectivity index (χ2v) is 5.56. The molecule has 0 aliphatic carbocycles. The molecule has 2 heterocycles. The molecule has 2 aromatic rings. The topological polar surface area (TPSA) is 49.9 Å². The normalized spacial score (nSPS) is 18.5. The summed E-state index contributed by atoms with van der Waals surface area (Å²) in [5.41, 5.74) is 1.23. The molecule has 100 valence electrons. The fraction of sp³-hybridized carbons (Fsp3) is 0.357. The van der Waals surface area contributed by atoms with E-state index in [0.717, 1.165) is 42.0 Å². The zero-order chi connectivity index (χ0) is 13.1. The predicted octanol–water partition coefficient (Wildman–Crippen LogP) is 3.18. The quantitative estimate of drug-likeness (QED) is 0.912. The van der Waals surface area contributed by atoms with Crippen LogP contribution in [0.15, 0.2) is 35.1 Å². The van der Waals surface area contributed by atoms with Gasteiger partial charge in [0, 0.05) is 28.5 Å². The minimum absolute atomic E-state index is 0.315. The third-order valence-corrected chi connectivity index (χ3v) is 3.81. The van der Waals surface area contributed by atoms with Crippen LogP contribution >= 0.6 is 15.9 Å². The summed E-state index contributed by atoms with van der Waals surface area (Å²) in [6, 6.07) is 6.55. The first-order valence-electron chi connectivity index (χ1n) is 6.47. The SMILES string of the molecule is Brc1ccc2c(c1)OCCCC2NCc1ncc[nH]1. The number of nitrogens with one attached hydrogen (secondary N) is 2. The molecule has 2 N–H and O–H groups in total. The summed E-state index contributed by atoms with van der Waals surface area (Å²) in [6.07, 6.45) is 5.76. The van der Waals surface area contributed by atoms with Gasteiger partial charge >= 0.3 is 0 Å². The minimum Gasteiger partial charge on any atom is -0.493 e. The molecular weight excluding hydrogens is 306 g/mol. The van der Waals surface area contributed by atoms with Crippen LogP contribution in [-0.2, 0) is 6.54 Å². The molecule has 1 aromatic carbocycles. The number of fused-ring (bicyclic) bond motifs is 1. The highest BCUT2D eigenvalue weighted by Gasteiger charge is 2.19. The van der Waals surface area contributed by atoms with Crippen LogP contribution in [0.1, 0.15) is 30.3 Å². The largest absolute Gasteiger partial charge is 0.493 e. The van der Waals surface area contributed by atoms with Crippen LogP contribution in [0, 0.1) is 0 Å². The van der Waals surface area contributed by atoms with Gasteiger partial charge in [-0.2, -0.15) is 0 Å². The molecular formula is C14H16BrN3O. The Labute approximate surface area is 120 Å². The lowest BCUT2D eigenvalue weighted by Gasteiger charge is -2.18. The molecule has 1 unspecified atom stereocenters. The van der Waals surface area contributed by atoms with E-state index in [1.54, 1.807) is 6.20 Å². The van der Waals surface area contributed by atoms with Crippen molar-refractivity contribution in [3.8, 4) is 5.75 Å². The molecule has 3 rings (SSSR count). The maximum Gasteiger partial charge on any atom is 0.125 e. The van der Waals surface area contributed by atoms with Crippen LogP contribution in [0.4, 0.5) is 0 Å². The third kappa shape index (κ3) is 2.98. The second kappa shape index (κ2) is 5.75. The van der Waals surface area contributed by atoms with E-state index >= 15 is 0 Å². The van der Waals surface area contributed by atoms with Crippen molar-refractivity contribution in [3.63, 3.8) is 0 Å². The summed E-state index contributed by atoms with van der Waals surface area (Å²) in [7, 11) is 0. The van der Waals surface area contributed by atoms with E-state index in [9.17, 15) is 0 Å². The van der Waals surface area contributed by atoms with E-state index < -0.39 is 0 Å². The number of imidazole rings is 1. The molecule has 4 nitrogen and oxygen atoms in total. The first-order valence-corrected chi connectivity index (χ1v) is 7.26. The third-order valence-electron chi connectivity index (χ3n) is 3.32. The van der Waals surface area contributed by atoms with Gasteiger partial charge in [0.25, 0.3) is 0 Å². The Kier molecular flexibility index (Phi) is 3.84. The fourth-order valence-electron chi connectivity index (χ4n) is 2.37. The molecule has 19 heavy (non-hydrogen) atoms. The Bertz CT molecular complexity index is 542. The standard InChI is InChI=1S/C14H16BrN3O/c15-10-3-4-11-12(2-1-7-19-13(11)8-10)18-9-14-16-5-6-17-14/h3-6,8,12,18H,1-2,7,9H2,(H,16,17). The lowest BCUT2D eigenvalue weighted by Crippen LogP contribution is -2.21. The number of nitrogens with zero attached hydrogens (tertiary/aromatic N) is 1. The van der Waals surface area contributed by atoms with Crippen LogP contribution in [0.25, 0.3) is 0 Å². The summed E-state index contributed by atoms with van der Waals surface area (Å²) in [5, 5.41) is 3.55. The molecule has 5 heteroatoms. The van der Waals surface area contributed by atoms with E-state index in [1.807, 2.05) is 12.3 Å². The monoisotopic (exact) mass is 321 g/mol. The number of aromatic amines is 1. The first kappa shape index (κ1) is 12.7. The number of hydrogen-bond acceptors (Lipinski definition) is 3. The fourth-order valence-corrected chi connectivity index (χ4v) is 2.71.